The Kier molecular flexibility index (Phi) is 4.46. The molecule has 0 bridgehead atoms. The van der Waals surface area contributed by atoms with E-state index in [0.717, 1.165) is 6.54 Å². The maximum Gasteiger partial charge on any atom is 0.0244 e. The first-order chi connectivity index (χ1) is 8.47. The van der Waals surface area contributed by atoms with Crippen molar-refractivity contribution in [3.8, 4) is 0 Å². The predicted octanol–water partition coefficient (Wildman–Crippen LogP) is 3.00. The maximum atomic E-state index is 3.69. The van der Waals surface area contributed by atoms with Crippen molar-refractivity contribution in [1.29, 1.82) is 0 Å². The van der Waals surface area contributed by atoms with Gasteiger partial charge in [0.2, 0.25) is 0 Å². The number of thiophene rings is 1. The van der Waals surface area contributed by atoms with Gasteiger partial charge in [0.25, 0.3) is 0 Å². The smallest absolute Gasteiger partial charge is 0.0244 e. The Hall–Kier alpha value is -0.380. The van der Waals surface area contributed by atoms with Gasteiger partial charge < -0.3 is 5.32 Å². The Morgan fingerprint density at radius 1 is 1.44 bits per heavy atom. The van der Waals surface area contributed by atoms with Crippen molar-refractivity contribution in [1.82, 2.24) is 10.2 Å². The molecule has 3 heteroatoms. The number of hydrogen-bond donors (Lipinski definition) is 1. The summed E-state index contributed by atoms with van der Waals surface area (Å²) in [6, 6.07) is 5.67. The van der Waals surface area contributed by atoms with E-state index < -0.39 is 0 Å². The SMILES string of the molecule is CC1CNC(C(C)(C)C)CN1CCc1cccs1. The van der Waals surface area contributed by atoms with Gasteiger partial charge in [0.1, 0.15) is 0 Å². The predicted molar refractivity (Wildman–Crippen MR) is 80.3 cm³/mol. The maximum absolute atomic E-state index is 3.69. The zero-order chi connectivity index (χ0) is 13.2. The van der Waals surface area contributed by atoms with E-state index in [4.69, 9.17) is 0 Å². The molecule has 18 heavy (non-hydrogen) atoms. The minimum Gasteiger partial charge on any atom is -0.311 e. The summed E-state index contributed by atoms with van der Waals surface area (Å²) in [5.41, 5.74) is 0.349. The summed E-state index contributed by atoms with van der Waals surface area (Å²) >= 11 is 1.88. The van der Waals surface area contributed by atoms with Gasteiger partial charge in [-0.05, 0) is 30.2 Å². The summed E-state index contributed by atoms with van der Waals surface area (Å²) in [4.78, 5) is 4.15. The van der Waals surface area contributed by atoms with Crippen molar-refractivity contribution >= 4 is 11.3 Å². The number of nitrogens with zero attached hydrogens (tertiary/aromatic N) is 1. The summed E-state index contributed by atoms with van der Waals surface area (Å²) in [5, 5.41) is 5.87. The van der Waals surface area contributed by atoms with Gasteiger partial charge in [-0.15, -0.1) is 11.3 Å². The lowest BCUT2D eigenvalue weighted by Crippen LogP contribution is -2.59. The first-order valence-corrected chi connectivity index (χ1v) is 7.84. The number of hydrogen-bond acceptors (Lipinski definition) is 3. The summed E-state index contributed by atoms with van der Waals surface area (Å²) < 4.78 is 0. The lowest BCUT2D eigenvalue weighted by atomic mass is 9.85. The van der Waals surface area contributed by atoms with Gasteiger partial charge >= 0.3 is 0 Å². The molecule has 0 aromatic carbocycles. The summed E-state index contributed by atoms with van der Waals surface area (Å²) in [5.74, 6) is 0. The highest BCUT2D eigenvalue weighted by molar-refractivity contribution is 7.09. The van der Waals surface area contributed by atoms with Crippen LogP contribution in [0, 0.1) is 5.41 Å². The molecule has 0 amide bonds. The van der Waals surface area contributed by atoms with Gasteiger partial charge in [0.15, 0.2) is 0 Å². The van der Waals surface area contributed by atoms with Gasteiger partial charge in [-0.1, -0.05) is 26.8 Å². The second-order valence-electron chi connectivity index (χ2n) is 6.50. The van der Waals surface area contributed by atoms with Crippen molar-refractivity contribution < 1.29 is 0 Å². The van der Waals surface area contributed by atoms with E-state index in [-0.39, 0.29) is 0 Å². The van der Waals surface area contributed by atoms with Crippen molar-refractivity contribution in [2.75, 3.05) is 19.6 Å². The molecule has 1 saturated heterocycles. The quantitative estimate of drug-likeness (QED) is 0.905. The van der Waals surface area contributed by atoms with Crippen LogP contribution in [-0.2, 0) is 6.42 Å². The fourth-order valence-electron chi connectivity index (χ4n) is 2.52. The Morgan fingerprint density at radius 2 is 2.22 bits per heavy atom. The minimum absolute atomic E-state index is 0.349. The zero-order valence-corrected chi connectivity index (χ0v) is 12.9. The monoisotopic (exact) mass is 266 g/mol. The average molecular weight is 266 g/mol. The van der Waals surface area contributed by atoms with Crippen LogP contribution in [0.5, 0.6) is 0 Å². The van der Waals surface area contributed by atoms with E-state index in [1.54, 1.807) is 0 Å². The van der Waals surface area contributed by atoms with E-state index in [2.05, 4.69) is 55.4 Å². The molecular formula is C15H26N2S. The van der Waals surface area contributed by atoms with Crippen LogP contribution < -0.4 is 5.32 Å². The Labute approximate surface area is 115 Å². The lowest BCUT2D eigenvalue weighted by molar-refractivity contribution is 0.0950. The van der Waals surface area contributed by atoms with Crippen molar-refractivity contribution in [2.24, 2.45) is 5.41 Å². The lowest BCUT2D eigenvalue weighted by Gasteiger charge is -2.44. The third-order valence-corrected chi connectivity index (χ3v) is 4.91. The average Bonchev–Trinajstić information content (AvgIpc) is 2.79. The molecule has 1 fully saturated rings. The van der Waals surface area contributed by atoms with Crippen molar-refractivity contribution in [2.45, 2.75) is 46.2 Å². The summed E-state index contributed by atoms with van der Waals surface area (Å²) in [6.07, 6.45) is 1.19. The molecule has 1 aromatic heterocycles. The fraction of sp³-hybridized carbons (Fsp3) is 0.733. The van der Waals surface area contributed by atoms with E-state index in [0.29, 0.717) is 17.5 Å². The number of piperazine rings is 1. The van der Waals surface area contributed by atoms with Crippen LogP contribution in [0.3, 0.4) is 0 Å². The molecule has 0 saturated carbocycles. The van der Waals surface area contributed by atoms with Crippen molar-refractivity contribution in [3.63, 3.8) is 0 Å². The molecule has 2 rings (SSSR count). The highest BCUT2D eigenvalue weighted by atomic mass is 32.1. The van der Waals surface area contributed by atoms with Gasteiger partial charge in [-0.2, -0.15) is 0 Å². The van der Waals surface area contributed by atoms with Gasteiger partial charge in [-0.25, -0.2) is 0 Å². The van der Waals surface area contributed by atoms with E-state index in [1.165, 1.54) is 24.4 Å². The fourth-order valence-corrected chi connectivity index (χ4v) is 3.22. The molecule has 102 valence electrons. The number of rotatable bonds is 3. The molecule has 2 nitrogen and oxygen atoms in total. The molecule has 1 aliphatic rings. The molecule has 0 radical (unpaired) electrons. The van der Waals surface area contributed by atoms with E-state index >= 15 is 0 Å². The highest BCUT2D eigenvalue weighted by Gasteiger charge is 2.31. The second-order valence-corrected chi connectivity index (χ2v) is 7.53. The van der Waals surface area contributed by atoms with Crippen LogP contribution in [-0.4, -0.2) is 36.6 Å². The first-order valence-electron chi connectivity index (χ1n) is 6.96. The van der Waals surface area contributed by atoms with Crippen LogP contribution in [0.1, 0.15) is 32.6 Å². The van der Waals surface area contributed by atoms with E-state index in [1.807, 2.05) is 11.3 Å². The Balaban J connectivity index is 1.89. The number of nitrogens with one attached hydrogen (secondary N) is 1. The molecule has 2 heterocycles. The third kappa shape index (κ3) is 3.56. The van der Waals surface area contributed by atoms with Crippen LogP contribution in [0.15, 0.2) is 17.5 Å². The van der Waals surface area contributed by atoms with Crippen LogP contribution in [0.4, 0.5) is 0 Å². The first kappa shape index (κ1) is 14.0. The van der Waals surface area contributed by atoms with Gasteiger partial charge in [0, 0.05) is 36.6 Å². The van der Waals surface area contributed by atoms with Crippen molar-refractivity contribution in [3.05, 3.63) is 22.4 Å². The summed E-state index contributed by atoms with van der Waals surface area (Å²) in [6.45, 7) is 12.8. The van der Waals surface area contributed by atoms with Gasteiger partial charge in [0.05, 0.1) is 0 Å². The molecular weight excluding hydrogens is 240 g/mol. The molecule has 1 aromatic rings. The molecule has 1 aliphatic heterocycles. The molecule has 1 N–H and O–H groups in total. The Morgan fingerprint density at radius 3 is 2.83 bits per heavy atom. The molecule has 2 unspecified atom stereocenters. The molecule has 0 aliphatic carbocycles. The molecule has 0 spiro atoms. The normalized spacial score (nSPS) is 26.4. The highest BCUT2D eigenvalue weighted by Crippen LogP contribution is 2.23. The van der Waals surface area contributed by atoms with Crippen LogP contribution >= 0.6 is 11.3 Å². The largest absolute Gasteiger partial charge is 0.311 e. The molecule has 2 atom stereocenters. The zero-order valence-electron chi connectivity index (χ0n) is 12.1. The van der Waals surface area contributed by atoms with Gasteiger partial charge in [-0.3, -0.25) is 4.90 Å². The summed E-state index contributed by atoms with van der Waals surface area (Å²) in [7, 11) is 0. The van der Waals surface area contributed by atoms with Crippen LogP contribution in [0.2, 0.25) is 0 Å². The second kappa shape index (κ2) is 5.72. The Bertz CT molecular complexity index is 353. The van der Waals surface area contributed by atoms with E-state index in [9.17, 15) is 0 Å². The topological polar surface area (TPSA) is 15.3 Å². The van der Waals surface area contributed by atoms with Crippen LogP contribution in [0.25, 0.3) is 0 Å². The third-order valence-electron chi connectivity index (χ3n) is 3.97. The standard InChI is InChI=1S/C15H26N2S/c1-12-10-16-14(15(2,3)4)11-17(12)8-7-13-6-5-9-18-13/h5-6,9,12,14,16H,7-8,10-11H2,1-4H3. The minimum atomic E-state index is 0.349.